The van der Waals surface area contributed by atoms with Gasteiger partial charge in [0.1, 0.15) is 4.83 Å². The number of nitrogens with two attached hydrogens (primary N) is 1. The summed E-state index contributed by atoms with van der Waals surface area (Å²) in [6.07, 6.45) is 0.623. The number of aromatic nitrogens is 2. The van der Waals surface area contributed by atoms with Crippen LogP contribution in [-0.2, 0) is 6.54 Å². The predicted molar refractivity (Wildman–Crippen MR) is 72.4 cm³/mol. The average molecular weight is 276 g/mol. The number of hydrogen-bond donors (Lipinski definition) is 2. The molecule has 0 amide bonds. The Morgan fingerprint density at radius 1 is 1.47 bits per heavy atom. The molecule has 0 bridgehead atoms. The van der Waals surface area contributed by atoms with Crippen LogP contribution < -0.4 is 17.0 Å². The zero-order valence-electron chi connectivity index (χ0n) is 9.36. The number of aromatic amines is 1. The van der Waals surface area contributed by atoms with Gasteiger partial charge in [-0.15, -0.1) is 23.7 Å². The Morgan fingerprint density at radius 2 is 2.18 bits per heavy atom. The predicted octanol–water partition coefficient (Wildman–Crippen LogP) is 0.830. The molecule has 2 rings (SSSR count). The summed E-state index contributed by atoms with van der Waals surface area (Å²) in [7, 11) is 0. The molecule has 7 heteroatoms. The van der Waals surface area contributed by atoms with E-state index < -0.39 is 0 Å². The van der Waals surface area contributed by atoms with Crippen LogP contribution in [0.1, 0.15) is 11.3 Å². The highest BCUT2D eigenvalue weighted by Gasteiger charge is 2.09. The Balaban J connectivity index is 0.00000144. The molecule has 0 aliphatic rings. The molecular formula is C10H14ClN3O2S. The molecule has 3 N–H and O–H groups in total. The minimum absolute atomic E-state index is 0. The van der Waals surface area contributed by atoms with Crippen LogP contribution in [0.3, 0.4) is 0 Å². The standard InChI is InChI=1S/C10H13N3O2S.ClH/c1-6-5-7-8(16-6)12-10(15)13(9(7)14)4-2-3-11;/h5H,2-4,11H2,1H3,(H,12,15);1H. The van der Waals surface area contributed by atoms with Crippen molar-refractivity contribution < 1.29 is 0 Å². The molecule has 0 spiro atoms. The molecule has 0 saturated heterocycles. The van der Waals surface area contributed by atoms with Crippen LogP contribution in [-0.4, -0.2) is 16.1 Å². The maximum Gasteiger partial charge on any atom is 0.329 e. The zero-order valence-corrected chi connectivity index (χ0v) is 11.0. The van der Waals surface area contributed by atoms with Crippen LogP contribution >= 0.6 is 23.7 Å². The lowest BCUT2D eigenvalue weighted by molar-refractivity contribution is 0.604. The van der Waals surface area contributed by atoms with E-state index in [9.17, 15) is 9.59 Å². The smallest absolute Gasteiger partial charge is 0.329 e. The van der Waals surface area contributed by atoms with E-state index in [1.54, 1.807) is 6.07 Å². The molecule has 0 aliphatic carbocycles. The van der Waals surface area contributed by atoms with Gasteiger partial charge in [0.25, 0.3) is 5.56 Å². The minimum atomic E-state index is -0.354. The fourth-order valence-electron chi connectivity index (χ4n) is 1.62. The van der Waals surface area contributed by atoms with Gasteiger partial charge in [0.05, 0.1) is 5.39 Å². The first kappa shape index (κ1) is 14.0. The highest BCUT2D eigenvalue weighted by molar-refractivity contribution is 7.18. The van der Waals surface area contributed by atoms with E-state index in [1.165, 1.54) is 15.9 Å². The topological polar surface area (TPSA) is 80.9 Å². The van der Waals surface area contributed by atoms with Crippen molar-refractivity contribution in [3.63, 3.8) is 0 Å². The number of halogens is 1. The molecule has 2 aromatic rings. The largest absolute Gasteiger partial charge is 0.330 e. The van der Waals surface area contributed by atoms with Gasteiger partial charge in [-0.05, 0) is 26.0 Å². The van der Waals surface area contributed by atoms with Crippen molar-refractivity contribution in [1.82, 2.24) is 9.55 Å². The lowest BCUT2D eigenvalue weighted by Crippen LogP contribution is -2.35. The summed E-state index contributed by atoms with van der Waals surface area (Å²) < 4.78 is 1.21. The summed E-state index contributed by atoms with van der Waals surface area (Å²) >= 11 is 1.42. The van der Waals surface area contributed by atoms with Gasteiger partial charge >= 0.3 is 5.69 Å². The molecule has 0 aliphatic heterocycles. The molecule has 0 atom stereocenters. The van der Waals surface area contributed by atoms with Crippen LogP contribution in [0.5, 0.6) is 0 Å². The molecule has 94 valence electrons. The number of rotatable bonds is 3. The van der Waals surface area contributed by atoms with E-state index in [-0.39, 0.29) is 23.7 Å². The zero-order chi connectivity index (χ0) is 11.7. The van der Waals surface area contributed by atoms with Crippen LogP contribution in [0, 0.1) is 6.92 Å². The Bertz CT molecular complexity index is 628. The minimum Gasteiger partial charge on any atom is -0.330 e. The van der Waals surface area contributed by atoms with Crippen molar-refractivity contribution in [3.05, 3.63) is 31.8 Å². The van der Waals surface area contributed by atoms with E-state index in [4.69, 9.17) is 5.73 Å². The van der Waals surface area contributed by atoms with Crippen LogP contribution in [0.4, 0.5) is 0 Å². The molecule has 0 fully saturated rings. The summed E-state index contributed by atoms with van der Waals surface area (Å²) in [5.74, 6) is 0. The summed E-state index contributed by atoms with van der Waals surface area (Å²) in [4.78, 5) is 28.0. The number of aryl methyl sites for hydroxylation is 1. The van der Waals surface area contributed by atoms with Gasteiger partial charge in [-0.25, -0.2) is 4.79 Å². The van der Waals surface area contributed by atoms with E-state index in [0.29, 0.717) is 29.7 Å². The third-order valence-electron chi connectivity index (χ3n) is 2.38. The van der Waals surface area contributed by atoms with Crippen LogP contribution in [0.25, 0.3) is 10.2 Å². The second-order valence-electron chi connectivity index (χ2n) is 3.63. The molecule has 0 saturated carbocycles. The second-order valence-corrected chi connectivity index (χ2v) is 4.89. The Kier molecular flexibility index (Phi) is 4.50. The van der Waals surface area contributed by atoms with Gasteiger partial charge in [0, 0.05) is 11.4 Å². The van der Waals surface area contributed by atoms with Crippen molar-refractivity contribution in [1.29, 1.82) is 0 Å². The van der Waals surface area contributed by atoms with Crippen molar-refractivity contribution in [2.75, 3.05) is 6.54 Å². The number of nitrogens with zero attached hydrogens (tertiary/aromatic N) is 1. The second kappa shape index (κ2) is 5.48. The normalized spacial score (nSPS) is 10.5. The summed E-state index contributed by atoms with van der Waals surface area (Å²) in [5.41, 5.74) is 4.79. The Morgan fingerprint density at radius 3 is 2.82 bits per heavy atom. The first-order valence-electron chi connectivity index (χ1n) is 5.07. The third kappa shape index (κ3) is 2.59. The summed E-state index contributed by atoms with van der Waals surface area (Å²) in [6, 6.07) is 1.80. The Labute approximate surface area is 108 Å². The molecule has 17 heavy (non-hydrogen) atoms. The molecule has 5 nitrogen and oxygen atoms in total. The number of H-pyrrole nitrogens is 1. The quantitative estimate of drug-likeness (QED) is 0.871. The number of nitrogens with one attached hydrogen (secondary N) is 1. The fraction of sp³-hybridized carbons (Fsp3) is 0.400. The van der Waals surface area contributed by atoms with Crippen molar-refractivity contribution in [3.8, 4) is 0 Å². The van der Waals surface area contributed by atoms with Crippen molar-refractivity contribution >= 4 is 34.0 Å². The third-order valence-corrected chi connectivity index (χ3v) is 3.35. The highest BCUT2D eigenvalue weighted by Crippen LogP contribution is 2.18. The highest BCUT2D eigenvalue weighted by atomic mass is 35.5. The van der Waals surface area contributed by atoms with Gasteiger partial charge in [-0.2, -0.15) is 0 Å². The average Bonchev–Trinajstić information content (AvgIpc) is 2.59. The van der Waals surface area contributed by atoms with E-state index in [0.717, 1.165) is 4.88 Å². The summed E-state index contributed by atoms with van der Waals surface area (Å²) in [6.45, 7) is 2.74. The summed E-state index contributed by atoms with van der Waals surface area (Å²) in [5, 5.41) is 0.583. The van der Waals surface area contributed by atoms with Gasteiger partial charge < -0.3 is 5.73 Å². The number of thiophene rings is 1. The van der Waals surface area contributed by atoms with E-state index in [1.807, 2.05) is 6.92 Å². The number of hydrogen-bond acceptors (Lipinski definition) is 4. The van der Waals surface area contributed by atoms with Crippen molar-refractivity contribution in [2.24, 2.45) is 5.73 Å². The number of fused-ring (bicyclic) bond motifs is 1. The van der Waals surface area contributed by atoms with Gasteiger partial charge in [0.2, 0.25) is 0 Å². The first-order valence-corrected chi connectivity index (χ1v) is 5.88. The molecular weight excluding hydrogens is 262 g/mol. The maximum absolute atomic E-state index is 12.0. The first-order chi connectivity index (χ1) is 7.63. The molecule has 0 aromatic carbocycles. The SMILES string of the molecule is Cc1cc2c(=O)n(CCCN)c(=O)[nH]c2s1.Cl. The van der Waals surface area contributed by atoms with Gasteiger partial charge in [0.15, 0.2) is 0 Å². The molecule has 0 radical (unpaired) electrons. The van der Waals surface area contributed by atoms with E-state index in [2.05, 4.69) is 4.98 Å². The van der Waals surface area contributed by atoms with Crippen LogP contribution in [0.15, 0.2) is 15.7 Å². The molecule has 0 unspecified atom stereocenters. The lowest BCUT2D eigenvalue weighted by atomic mass is 10.3. The van der Waals surface area contributed by atoms with Crippen LogP contribution in [0.2, 0.25) is 0 Å². The lowest BCUT2D eigenvalue weighted by Gasteiger charge is -2.02. The Hall–Kier alpha value is -1.11. The van der Waals surface area contributed by atoms with Gasteiger partial charge in [-0.3, -0.25) is 14.3 Å². The van der Waals surface area contributed by atoms with Crippen molar-refractivity contribution in [2.45, 2.75) is 19.9 Å². The monoisotopic (exact) mass is 275 g/mol. The molecule has 2 aromatic heterocycles. The van der Waals surface area contributed by atoms with Gasteiger partial charge in [-0.1, -0.05) is 0 Å². The van der Waals surface area contributed by atoms with E-state index >= 15 is 0 Å². The fourth-order valence-corrected chi connectivity index (χ4v) is 2.51. The molecule has 2 heterocycles. The maximum atomic E-state index is 12.0.